The van der Waals surface area contributed by atoms with Gasteiger partial charge in [0.1, 0.15) is 11.8 Å². The van der Waals surface area contributed by atoms with Gasteiger partial charge < -0.3 is 10.7 Å². The lowest BCUT2D eigenvalue weighted by molar-refractivity contribution is -0.384. The van der Waals surface area contributed by atoms with Crippen LogP contribution in [0.25, 0.3) is 10.9 Å². The first-order chi connectivity index (χ1) is 7.13. The minimum Gasteiger partial charge on any atom is -0.396 e. The number of rotatable bonds is 1. The Morgan fingerprint density at radius 1 is 1.53 bits per heavy atom. The highest BCUT2D eigenvalue weighted by Gasteiger charge is 2.12. The van der Waals surface area contributed by atoms with Gasteiger partial charge in [-0.2, -0.15) is 5.26 Å². The maximum atomic E-state index is 10.5. The van der Waals surface area contributed by atoms with Crippen molar-refractivity contribution in [3.63, 3.8) is 0 Å². The standard InChI is InChI=1S/C9H6N4O2/c10-4-8-9(11)6-2-1-5(13(14)15)3-7(6)12-8/h1-3,12H,11H2. The third-order valence-electron chi connectivity index (χ3n) is 2.14. The Morgan fingerprint density at radius 3 is 2.87 bits per heavy atom. The first-order valence-electron chi connectivity index (χ1n) is 4.09. The molecule has 15 heavy (non-hydrogen) atoms. The second-order valence-electron chi connectivity index (χ2n) is 3.01. The summed E-state index contributed by atoms with van der Waals surface area (Å²) in [6, 6.07) is 6.12. The highest BCUT2D eigenvalue weighted by Crippen LogP contribution is 2.27. The Hall–Kier alpha value is -2.55. The fourth-order valence-electron chi connectivity index (χ4n) is 1.41. The van der Waals surface area contributed by atoms with Gasteiger partial charge in [0.2, 0.25) is 0 Å². The Morgan fingerprint density at radius 2 is 2.27 bits per heavy atom. The van der Waals surface area contributed by atoms with Crippen LogP contribution in [0.15, 0.2) is 18.2 Å². The molecule has 0 aliphatic rings. The Kier molecular flexibility index (Phi) is 1.80. The van der Waals surface area contributed by atoms with Gasteiger partial charge in [-0.3, -0.25) is 10.1 Å². The minimum absolute atomic E-state index is 0.0340. The predicted molar refractivity (Wildman–Crippen MR) is 54.1 cm³/mol. The molecule has 3 N–H and O–H groups in total. The molecule has 2 aromatic rings. The zero-order valence-corrected chi connectivity index (χ0v) is 7.52. The van der Waals surface area contributed by atoms with Crippen molar-refractivity contribution in [2.75, 3.05) is 5.73 Å². The van der Waals surface area contributed by atoms with Crippen molar-refractivity contribution >= 4 is 22.3 Å². The van der Waals surface area contributed by atoms with Crippen molar-refractivity contribution in [3.8, 4) is 6.07 Å². The summed E-state index contributed by atoms with van der Waals surface area (Å²) in [4.78, 5) is 12.7. The maximum Gasteiger partial charge on any atom is 0.271 e. The van der Waals surface area contributed by atoms with Crippen molar-refractivity contribution in [1.82, 2.24) is 4.98 Å². The van der Waals surface area contributed by atoms with Crippen LogP contribution < -0.4 is 5.73 Å². The van der Waals surface area contributed by atoms with Gasteiger partial charge in [0.25, 0.3) is 5.69 Å². The van der Waals surface area contributed by atoms with Gasteiger partial charge in [-0.1, -0.05) is 0 Å². The maximum absolute atomic E-state index is 10.5. The first kappa shape index (κ1) is 9.02. The average molecular weight is 202 g/mol. The van der Waals surface area contributed by atoms with Gasteiger partial charge in [0.05, 0.1) is 16.1 Å². The number of nitrogens with one attached hydrogen (secondary N) is 1. The van der Waals surface area contributed by atoms with Crippen molar-refractivity contribution in [2.45, 2.75) is 0 Å². The molecule has 0 saturated carbocycles. The molecule has 1 aromatic carbocycles. The van der Waals surface area contributed by atoms with Crippen LogP contribution in [0.5, 0.6) is 0 Å². The Bertz CT molecular complexity index is 594. The summed E-state index contributed by atoms with van der Waals surface area (Å²) < 4.78 is 0. The molecule has 0 spiro atoms. The molecule has 0 aliphatic carbocycles. The quantitative estimate of drug-likeness (QED) is 0.539. The van der Waals surface area contributed by atoms with E-state index in [2.05, 4.69) is 4.98 Å². The van der Waals surface area contributed by atoms with E-state index in [1.165, 1.54) is 18.2 Å². The lowest BCUT2D eigenvalue weighted by Gasteiger charge is -1.92. The molecular formula is C9H6N4O2. The number of nitro groups is 1. The third kappa shape index (κ3) is 1.26. The number of nitrogen functional groups attached to an aromatic ring is 1. The number of aromatic amines is 1. The van der Waals surface area contributed by atoms with E-state index in [1.54, 1.807) is 0 Å². The second kappa shape index (κ2) is 2.99. The largest absolute Gasteiger partial charge is 0.396 e. The van der Waals surface area contributed by atoms with Crippen LogP contribution in [-0.4, -0.2) is 9.91 Å². The number of nitriles is 1. The third-order valence-corrected chi connectivity index (χ3v) is 2.14. The molecule has 6 heteroatoms. The van der Waals surface area contributed by atoms with Crippen LogP contribution in [0, 0.1) is 21.4 Å². The number of non-ortho nitro benzene ring substituents is 1. The molecule has 0 unspecified atom stereocenters. The molecule has 0 radical (unpaired) electrons. The van der Waals surface area contributed by atoms with Gasteiger partial charge in [-0.15, -0.1) is 0 Å². The molecule has 1 aromatic heterocycles. The van der Waals surface area contributed by atoms with E-state index in [0.29, 0.717) is 16.6 Å². The number of aromatic nitrogens is 1. The van der Waals surface area contributed by atoms with Gasteiger partial charge in [-0.05, 0) is 6.07 Å². The number of anilines is 1. The van der Waals surface area contributed by atoms with Crippen molar-refractivity contribution in [2.24, 2.45) is 0 Å². The van der Waals surface area contributed by atoms with Crippen LogP contribution in [0.2, 0.25) is 0 Å². The van der Waals surface area contributed by atoms with E-state index >= 15 is 0 Å². The summed E-state index contributed by atoms with van der Waals surface area (Å²) in [5, 5.41) is 19.8. The van der Waals surface area contributed by atoms with E-state index in [-0.39, 0.29) is 11.4 Å². The summed E-state index contributed by atoms with van der Waals surface area (Å²) in [6.07, 6.45) is 0. The van der Waals surface area contributed by atoms with E-state index in [4.69, 9.17) is 11.0 Å². The van der Waals surface area contributed by atoms with Crippen LogP contribution in [-0.2, 0) is 0 Å². The van der Waals surface area contributed by atoms with Crippen LogP contribution in [0.3, 0.4) is 0 Å². The first-order valence-corrected chi connectivity index (χ1v) is 4.09. The molecule has 0 amide bonds. The number of nitrogens with two attached hydrogens (primary N) is 1. The molecule has 74 valence electrons. The number of hydrogen-bond acceptors (Lipinski definition) is 4. The zero-order valence-electron chi connectivity index (χ0n) is 7.52. The van der Waals surface area contributed by atoms with Gasteiger partial charge in [0.15, 0.2) is 0 Å². The number of nitrogens with zero attached hydrogens (tertiary/aromatic N) is 2. The predicted octanol–water partition coefficient (Wildman–Crippen LogP) is 1.53. The summed E-state index contributed by atoms with van der Waals surface area (Å²) in [5.41, 5.74) is 6.67. The van der Waals surface area contributed by atoms with Crippen LogP contribution >= 0.6 is 0 Å². The fourth-order valence-corrected chi connectivity index (χ4v) is 1.41. The highest BCUT2D eigenvalue weighted by atomic mass is 16.6. The van der Waals surface area contributed by atoms with E-state index < -0.39 is 4.92 Å². The van der Waals surface area contributed by atoms with Gasteiger partial charge in [-0.25, -0.2) is 0 Å². The smallest absolute Gasteiger partial charge is 0.271 e. The Labute approximate surface area is 84.1 Å². The molecule has 0 aliphatic heterocycles. The van der Waals surface area contributed by atoms with E-state index in [9.17, 15) is 10.1 Å². The van der Waals surface area contributed by atoms with Crippen molar-refractivity contribution in [1.29, 1.82) is 5.26 Å². The highest BCUT2D eigenvalue weighted by molar-refractivity contribution is 5.95. The number of benzene rings is 1. The average Bonchev–Trinajstić information content (AvgIpc) is 2.55. The van der Waals surface area contributed by atoms with Crippen molar-refractivity contribution in [3.05, 3.63) is 34.0 Å². The fraction of sp³-hybridized carbons (Fsp3) is 0. The summed E-state index contributed by atoms with van der Waals surface area (Å²) >= 11 is 0. The minimum atomic E-state index is -0.498. The monoisotopic (exact) mass is 202 g/mol. The summed E-state index contributed by atoms with van der Waals surface area (Å²) in [6.45, 7) is 0. The van der Waals surface area contributed by atoms with E-state index in [1.807, 2.05) is 6.07 Å². The molecule has 1 heterocycles. The van der Waals surface area contributed by atoms with Gasteiger partial charge in [0, 0.05) is 17.5 Å². The summed E-state index contributed by atoms with van der Waals surface area (Å²) in [7, 11) is 0. The molecular weight excluding hydrogens is 196 g/mol. The Balaban J connectivity index is 2.75. The zero-order chi connectivity index (χ0) is 11.0. The molecule has 0 fully saturated rings. The number of fused-ring (bicyclic) bond motifs is 1. The lowest BCUT2D eigenvalue weighted by atomic mass is 10.2. The number of nitro benzene ring substituents is 1. The molecule has 0 atom stereocenters. The van der Waals surface area contributed by atoms with Gasteiger partial charge >= 0.3 is 0 Å². The van der Waals surface area contributed by atoms with Crippen molar-refractivity contribution < 1.29 is 4.92 Å². The van der Waals surface area contributed by atoms with E-state index in [0.717, 1.165) is 0 Å². The number of hydrogen-bond donors (Lipinski definition) is 2. The SMILES string of the molecule is N#Cc1[nH]c2cc([N+](=O)[O-])ccc2c1N. The molecule has 0 bridgehead atoms. The number of H-pyrrole nitrogens is 1. The van der Waals surface area contributed by atoms with Crippen LogP contribution in [0.4, 0.5) is 11.4 Å². The van der Waals surface area contributed by atoms with Crippen LogP contribution in [0.1, 0.15) is 5.69 Å². The summed E-state index contributed by atoms with van der Waals surface area (Å²) in [5.74, 6) is 0. The topological polar surface area (TPSA) is 109 Å². The normalized spacial score (nSPS) is 10.1. The molecule has 6 nitrogen and oxygen atoms in total. The molecule has 0 saturated heterocycles. The molecule has 2 rings (SSSR count). The second-order valence-corrected chi connectivity index (χ2v) is 3.01. The lowest BCUT2D eigenvalue weighted by Crippen LogP contribution is -1.87.